The van der Waals surface area contributed by atoms with E-state index in [1.165, 1.54) is 17.2 Å². The van der Waals surface area contributed by atoms with Gasteiger partial charge in [0.1, 0.15) is 30.7 Å². The second-order valence-electron chi connectivity index (χ2n) is 9.42. The van der Waals surface area contributed by atoms with Crippen molar-refractivity contribution in [2.45, 2.75) is 49.6 Å². The number of rotatable bonds is 4. The molecule has 2 saturated heterocycles. The van der Waals surface area contributed by atoms with Crippen LogP contribution in [0.15, 0.2) is 29.7 Å². The lowest BCUT2D eigenvalue weighted by Gasteiger charge is -2.23. The molecule has 9 atom stereocenters. The summed E-state index contributed by atoms with van der Waals surface area (Å²) in [6.45, 7) is -0.354. The molecule has 0 spiro atoms. The fraction of sp³-hybridized carbons (Fsp3) is 0.571. The number of H-pyrrole nitrogens is 1. The number of aromatic nitrogens is 6. The van der Waals surface area contributed by atoms with Crippen LogP contribution in [-0.4, -0.2) is 85.4 Å². The Hall–Kier alpha value is -2.75. The highest BCUT2D eigenvalue weighted by molar-refractivity contribution is 7.33. The fourth-order valence-electron chi connectivity index (χ4n) is 5.04. The van der Waals surface area contributed by atoms with Crippen molar-refractivity contribution in [1.82, 2.24) is 29.5 Å². The summed E-state index contributed by atoms with van der Waals surface area (Å²) >= 11 is 0. The summed E-state index contributed by atoms with van der Waals surface area (Å²) in [5, 5.41) is 13.7. The number of anilines is 1. The van der Waals surface area contributed by atoms with Gasteiger partial charge in [-0.25, -0.2) is 15.0 Å². The van der Waals surface area contributed by atoms with Gasteiger partial charge in [0.05, 0.1) is 25.6 Å². The lowest BCUT2D eigenvalue weighted by molar-refractivity contribution is -0.0481. The highest BCUT2D eigenvalue weighted by Gasteiger charge is 2.48. The van der Waals surface area contributed by atoms with Crippen molar-refractivity contribution in [2.75, 3.05) is 25.6 Å². The first-order valence-electron chi connectivity index (χ1n) is 12.5. The van der Waals surface area contributed by atoms with Crippen molar-refractivity contribution < 1.29 is 41.8 Å². The van der Waals surface area contributed by atoms with Crippen LogP contribution in [-0.2, 0) is 32.0 Å². The maximum absolute atomic E-state index is 13.0. The van der Waals surface area contributed by atoms with Gasteiger partial charge in [-0.05, 0) is 6.42 Å². The summed E-state index contributed by atoms with van der Waals surface area (Å²) in [7, 11) is -4.62. The van der Waals surface area contributed by atoms with Gasteiger partial charge in [-0.2, -0.15) is 4.98 Å². The van der Waals surface area contributed by atoms with E-state index in [-0.39, 0.29) is 42.3 Å². The summed E-state index contributed by atoms with van der Waals surface area (Å²) < 4.78 is 61.5. The largest absolute Gasteiger partial charge is 0.474 e. The standard InChI is InChI=1S/C21H27N7O10P2/c1-22-21-26-18-15(19(30)27-21)25-9-28(18)20-17-16(29)13(36-20)7-34-39(31)37-12-5-11(35-14-2-3-23-8-24-14)4-10(12)6-33-40(32)38-17/h2-3,8-13,16-17,20,29,39-40H,4-7H2,1H3,(H2,22,26,27,30)/t10-,11-,12+,13?,16-,17-,20-/m1/s1. The van der Waals surface area contributed by atoms with Crippen molar-refractivity contribution in [2.24, 2.45) is 5.92 Å². The molecular weight excluding hydrogens is 572 g/mol. The quantitative estimate of drug-likeness (QED) is 0.352. The third-order valence-electron chi connectivity index (χ3n) is 6.95. The van der Waals surface area contributed by atoms with Gasteiger partial charge < -0.3 is 33.5 Å². The van der Waals surface area contributed by atoms with E-state index in [2.05, 4.69) is 30.2 Å². The topological polar surface area (TPSA) is 211 Å². The minimum absolute atomic E-state index is 0.0262. The Morgan fingerprint density at radius 2 is 1.98 bits per heavy atom. The van der Waals surface area contributed by atoms with Gasteiger partial charge in [-0.1, -0.05) is 0 Å². The highest BCUT2D eigenvalue weighted by atomic mass is 31.1. The Morgan fingerprint density at radius 3 is 2.77 bits per heavy atom. The first-order valence-corrected chi connectivity index (χ1v) is 14.9. The van der Waals surface area contributed by atoms with Crippen molar-refractivity contribution in [3.8, 4) is 5.88 Å². The predicted molar refractivity (Wildman–Crippen MR) is 136 cm³/mol. The zero-order valence-electron chi connectivity index (χ0n) is 21.0. The Morgan fingerprint density at radius 1 is 1.15 bits per heavy atom. The molecular formula is C21H27N7O10P2. The number of nitrogens with zero attached hydrogens (tertiary/aromatic N) is 5. The van der Waals surface area contributed by atoms with E-state index in [1.54, 1.807) is 19.3 Å². The molecule has 2 bridgehead atoms. The van der Waals surface area contributed by atoms with Crippen LogP contribution in [0.4, 0.5) is 5.95 Å². The molecule has 5 heterocycles. The molecule has 3 N–H and O–H groups in total. The Bertz CT molecular complexity index is 1460. The van der Waals surface area contributed by atoms with Gasteiger partial charge in [-0.15, -0.1) is 0 Å². The first kappa shape index (κ1) is 27.4. The van der Waals surface area contributed by atoms with Gasteiger partial charge in [0.25, 0.3) is 5.56 Å². The molecule has 3 aromatic heterocycles. The molecule has 0 amide bonds. The molecule has 0 aromatic carbocycles. The Labute approximate surface area is 227 Å². The SMILES string of the molecule is CNc1nc2c(ncn2[C@@H]2OC3CO[PH](=O)O[C@H]4C[C@H](Oc5ccncn5)C[C@@H]4CO[PH](=O)O[C@@H]2[C@@H]3O)c(=O)[nH]1. The van der Waals surface area contributed by atoms with Crippen molar-refractivity contribution >= 4 is 33.6 Å². The average molecular weight is 599 g/mol. The first-order chi connectivity index (χ1) is 19.4. The maximum Gasteiger partial charge on any atom is 0.319 e. The molecule has 3 aliphatic rings. The summed E-state index contributed by atoms with van der Waals surface area (Å²) in [6, 6.07) is 1.62. The van der Waals surface area contributed by atoms with E-state index < -0.39 is 52.7 Å². The predicted octanol–water partition coefficient (Wildman–Crippen LogP) is 0.664. The van der Waals surface area contributed by atoms with Gasteiger partial charge in [0, 0.05) is 31.6 Å². The Balaban J connectivity index is 1.23. The number of ether oxygens (including phenoxy) is 2. The van der Waals surface area contributed by atoms with E-state index in [4.69, 9.17) is 27.6 Å². The fourth-order valence-corrected chi connectivity index (χ4v) is 6.84. The van der Waals surface area contributed by atoms with Gasteiger partial charge in [-0.3, -0.25) is 28.0 Å². The van der Waals surface area contributed by atoms with E-state index in [0.717, 1.165) is 0 Å². The van der Waals surface area contributed by atoms with Crippen molar-refractivity contribution in [3.63, 3.8) is 0 Å². The summed E-state index contributed by atoms with van der Waals surface area (Å²) in [6.07, 6.45) is -0.552. The number of imidazole rings is 1. The molecule has 2 aliphatic heterocycles. The van der Waals surface area contributed by atoms with Crippen LogP contribution in [0.5, 0.6) is 5.88 Å². The number of aliphatic hydroxyl groups excluding tert-OH is 1. The van der Waals surface area contributed by atoms with Crippen LogP contribution in [0.3, 0.4) is 0 Å². The highest BCUT2D eigenvalue weighted by Crippen LogP contribution is 2.44. The lowest BCUT2D eigenvalue weighted by atomic mass is 10.1. The minimum atomic E-state index is -3.17. The van der Waals surface area contributed by atoms with E-state index in [0.29, 0.717) is 18.7 Å². The van der Waals surface area contributed by atoms with Crippen LogP contribution < -0.4 is 15.6 Å². The molecule has 19 heteroatoms. The van der Waals surface area contributed by atoms with Crippen LogP contribution in [0, 0.1) is 5.92 Å². The number of hydrogen-bond donors (Lipinski definition) is 3. The zero-order valence-corrected chi connectivity index (χ0v) is 23.0. The molecule has 0 radical (unpaired) electrons. The van der Waals surface area contributed by atoms with E-state index in [9.17, 15) is 19.0 Å². The third-order valence-corrected chi connectivity index (χ3v) is 8.71. The number of hydrogen-bond acceptors (Lipinski definition) is 15. The smallest absolute Gasteiger partial charge is 0.319 e. The summed E-state index contributed by atoms with van der Waals surface area (Å²) in [5.74, 6) is 0.234. The van der Waals surface area contributed by atoms with E-state index >= 15 is 0 Å². The molecule has 40 heavy (non-hydrogen) atoms. The van der Waals surface area contributed by atoms with Gasteiger partial charge >= 0.3 is 16.5 Å². The number of nitrogens with one attached hydrogen (secondary N) is 2. The minimum Gasteiger partial charge on any atom is -0.474 e. The molecule has 3 fully saturated rings. The third kappa shape index (κ3) is 5.56. The molecule has 1 aliphatic carbocycles. The van der Waals surface area contributed by atoms with Crippen molar-refractivity contribution in [3.05, 3.63) is 35.3 Å². The normalized spacial score (nSPS) is 34.9. The lowest BCUT2D eigenvalue weighted by Crippen LogP contribution is -2.34. The number of aromatic amines is 1. The van der Waals surface area contributed by atoms with E-state index in [1.807, 2.05) is 0 Å². The molecule has 17 nitrogen and oxygen atoms in total. The second kappa shape index (κ2) is 11.6. The zero-order chi connectivity index (χ0) is 27.8. The summed E-state index contributed by atoms with van der Waals surface area (Å²) in [5.41, 5.74) is -0.326. The van der Waals surface area contributed by atoms with Crippen LogP contribution in [0.25, 0.3) is 11.2 Å². The molecule has 216 valence electrons. The number of fused-ring (bicyclic) bond motifs is 4. The molecule has 6 rings (SSSR count). The Kier molecular flexibility index (Phi) is 7.97. The molecule has 3 unspecified atom stereocenters. The average Bonchev–Trinajstić information content (AvgIpc) is 3.62. The van der Waals surface area contributed by atoms with Crippen molar-refractivity contribution in [1.29, 1.82) is 0 Å². The monoisotopic (exact) mass is 599 g/mol. The van der Waals surface area contributed by atoms with Crippen LogP contribution in [0.2, 0.25) is 0 Å². The van der Waals surface area contributed by atoms with Crippen LogP contribution >= 0.6 is 16.5 Å². The number of aliphatic hydroxyl groups is 1. The maximum atomic E-state index is 13.0. The second-order valence-corrected chi connectivity index (χ2v) is 11.5. The van der Waals surface area contributed by atoms with Gasteiger partial charge in [0.15, 0.2) is 17.4 Å². The molecule has 3 aromatic rings. The summed E-state index contributed by atoms with van der Waals surface area (Å²) in [4.78, 5) is 31.3. The van der Waals surface area contributed by atoms with Crippen LogP contribution in [0.1, 0.15) is 19.1 Å². The molecule has 1 saturated carbocycles. The van der Waals surface area contributed by atoms with Gasteiger partial charge in [0.2, 0.25) is 11.8 Å².